The largest absolute Gasteiger partial charge is 0.489 e. The Morgan fingerprint density at radius 2 is 1.96 bits per heavy atom. The average molecular weight is 338 g/mol. The first-order valence-electron chi connectivity index (χ1n) is 7.60. The van der Waals surface area contributed by atoms with Gasteiger partial charge in [-0.05, 0) is 49.1 Å². The maximum Gasteiger partial charge on any atom is 0.265 e. The van der Waals surface area contributed by atoms with Gasteiger partial charge in [-0.3, -0.25) is 9.78 Å². The molecule has 0 aliphatic carbocycles. The first-order chi connectivity index (χ1) is 11.6. The van der Waals surface area contributed by atoms with E-state index in [0.717, 1.165) is 22.6 Å². The molecule has 4 nitrogen and oxygen atoms in total. The Kier molecular flexibility index (Phi) is 4.91. The topological polar surface area (TPSA) is 51.2 Å². The summed E-state index contributed by atoms with van der Waals surface area (Å²) in [6.45, 7) is 4.54. The number of aryl methyl sites for hydroxylation is 2. The summed E-state index contributed by atoms with van der Waals surface area (Å²) in [5.41, 5.74) is 4.04. The van der Waals surface area contributed by atoms with Crippen LogP contribution in [-0.4, -0.2) is 10.9 Å². The predicted octanol–water partition coefficient (Wildman–Crippen LogP) is 4.59. The lowest BCUT2D eigenvalue weighted by Crippen LogP contribution is -2.10. The highest BCUT2D eigenvalue weighted by Gasteiger charge is 2.10. The van der Waals surface area contributed by atoms with Gasteiger partial charge in [0.2, 0.25) is 0 Å². The number of hydrogen-bond acceptors (Lipinski definition) is 4. The summed E-state index contributed by atoms with van der Waals surface area (Å²) in [5.74, 6) is 0.749. The molecule has 1 aromatic carbocycles. The molecule has 24 heavy (non-hydrogen) atoms. The minimum Gasteiger partial charge on any atom is -0.489 e. The molecule has 0 fully saturated rings. The van der Waals surface area contributed by atoms with Gasteiger partial charge < -0.3 is 10.1 Å². The van der Waals surface area contributed by atoms with Crippen molar-refractivity contribution in [1.29, 1.82) is 0 Å². The summed E-state index contributed by atoms with van der Waals surface area (Å²) in [6.07, 6.45) is 3.29. The first-order valence-corrected chi connectivity index (χ1v) is 8.48. The van der Waals surface area contributed by atoms with Crippen LogP contribution in [0.5, 0.6) is 5.75 Å². The van der Waals surface area contributed by atoms with Gasteiger partial charge in [0.15, 0.2) is 0 Å². The van der Waals surface area contributed by atoms with Crippen LogP contribution in [0.1, 0.15) is 26.4 Å². The van der Waals surface area contributed by atoms with Crippen molar-refractivity contribution in [1.82, 2.24) is 4.98 Å². The van der Waals surface area contributed by atoms with E-state index in [2.05, 4.69) is 23.3 Å². The predicted molar refractivity (Wildman–Crippen MR) is 96.8 cm³/mol. The highest BCUT2D eigenvalue weighted by atomic mass is 32.1. The molecule has 0 unspecified atom stereocenters. The van der Waals surface area contributed by atoms with E-state index in [1.165, 1.54) is 16.9 Å². The zero-order chi connectivity index (χ0) is 16.9. The smallest absolute Gasteiger partial charge is 0.265 e. The van der Waals surface area contributed by atoms with Crippen LogP contribution in [0.3, 0.4) is 0 Å². The Hall–Kier alpha value is -2.66. The van der Waals surface area contributed by atoms with Crippen molar-refractivity contribution < 1.29 is 9.53 Å². The van der Waals surface area contributed by atoms with Gasteiger partial charge in [-0.15, -0.1) is 11.3 Å². The van der Waals surface area contributed by atoms with Crippen molar-refractivity contribution in [3.8, 4) is 5.75 Å². The Morgan fingerprint density at radius 3 is 2.71 bits per heavy atom. The van der Waals surface area contributed by atoms with E-state index >= 15 is 0 Å². The second kappa shape index (κ2) is 7.27. The summed E-state index contributed by atoms with van der Waals surface area (Å²) < 4.78 is 5.86. The lowest BCUT2D eigenvalue weighted by atomic mass is 10.1. The first kappa shape index (κ1) is 16.2. The minimum atomic E-state index is -0.121. The number of aromatic nitrogens is 1. The van der Waals surface area contributed by atoms with Gasteiger partial charge in [-0.1, -0.05) is 17.7 Å². The van der Waals surface area contributed by atoms with Gasteiger partial charge in [0.05, 0.1) is 4.88 Å². The minimum absolute atomic E-state index is 0.121. The van der Waals surface area contributed by atoms with E-state index < -0.39 is 0 Å². The van der Waals surface area contributed by atoms with Crippen LogP contribution in [0.25, 0.3) is 0 Å². The van der Waals surface area contributed by atoms with Gasteiger partial charge in [0.25, 0.3) is 5.91 Å². The van der Waals surface area contributed by atoms with Crippen LogP contribution < -0.4 is 10.1 Å². The second-order valence-electron chi connectivity index (χ2n) is 5.57. The molecule has 1 amide bonds. The number of ether oxygens (including phenoxy) is 1. The van der Waals surface area contributed by atoms with Crippen LogP contribution in [0.2, 0.25) is 0 Å². The van der Waals surface area contributed by atoms with Crippen LogP contribution in [-0.2, 0) is 6.61 Å². The molecule has 0 bridgehead atoms. The Bertz CT molecular complexity index is 844. The maximum atomic E-state index is 12.2. The van der Waals surface area contributed by atoms with Gasteiger partial charge >= 0.3 is 0 Å². The monoisotopic (exact) mass is 338 g/mol. The second-order valence-corrected chi connectivity index (χ2v) is 6.48. The fourth-order valence-electron chi connectivity index (χ4n) is 2.32. The third-order valence-electron chi connectivity index (χ3n) is 3.54. The molecule has 122 valence electrons. The normalized spacial score (nSPS) is 10.4. The standard InChI is InChI=1S/C19H18N2O2S/c1-13-3-4-17(14(2)9-13)23-11-15-10-18(24-12-15)19(22)21-16-5-7-20-8-6-16/h3-10,12H,11H2,1-2H3,(H,20,21,22). The summed E-state index contributed by atoms with van der Waals surface area (Å²) in [6, 6.07) is 11.5. The van der Waals surface area contributed by atoms with Crippen LogP contribution in [0.4, 0.5) is 5.69 Å². The third-order valence-corrected chi connectivity index (χ3v) is 4.52. The number of pyridine rings is 1. The molecule has 1 N–H and O–H groups in total. The van der Waals surface area contributed by atoms with E-state index in [4.69, 9.17) is 4.74 Å². The van der Waals surface area contributed by atoms with Crippen molar-refractivity contribution in [3.05, 3.63) is 75.7 Å². The van der Waals surface area contributed by atoms with Crippen molar-refractivity contribution in [2.45, 2.75) is 20.5 Å². The van der Waals surface area contributed by atoms with Crippen molar-refractivity contribution in [2.24, 2.45) is 0 Å². The average Bonchev–Trinajstić information content (AvgIpc) is 3.04. The lowest BCUT2D eigenvalue weighted by molar-refractivity contribution is 0.103. The zero-order valence-corrected chi connectivity index (χ0v) is 14.4. The molecule has 0 atom stereocenters. The zero-order valence-electron chi connectivity index (χ0n) is 13.6. The molecule has 3 rings (SSSR count). The number of nitrogens with one attached hydrogen (secondary N) is 1. The molecular weight excluding hydrogens is 320 g/mol. The summed E-state index contributed by atoms with van der Waals surface area (Å²) in [7, 11) is 0. The fraction of sp³-hybridized carbons (Fsp3) is 0.158. The molecule has 0 aliphatic heterocycles. The van der Waals surface area contributed by atoms with Crippen LogP contribution in [0.15, 0.2) is 54.2 Å². The van der Waals surface area contributed by atoms with Crippen molar-refractivity contribution in [3.63, 3.8) is 0 Å². The van der Waals surface area contributed by atoms with Gasteiger partial charge in [-0.25, -0.2) is 0 Å². The van der Waals surface area contributed by atoms with Gasteiger partial charge in [0, 0.05) is 23.6 Å². The number of rotatable bonds is 5. The van der Waals surface area contributed by atoms with Crippen molar-refractivity contribution >= 4 is 22.9 Å². The molecule has 0 spiro atoms. The lowest BCUT2D eigenvalue weighted by Gasteiger charge is -2.08. The number of amides is 1. The number of thiophene rings is 1. The molecule has 2 aromatic heterocycles. The number of carbonyl (C=O) groups is 1. The van der Waals surface area contributed by atoms with E-state index in [0.29, 0.717) is 11.5 Å². The van der Waals surface area contributed by atoms with Crippen LogP contribution in [0, 0.1) is 13.8 Å². The summed E-state index contributed by atoms with van der Waals surface area (Å²) in [5, 5.41) is 4.80. The van der Waals surface area contributed by atoms with E-state index in [-0.39, 0.29) is 5.91 Å². The highest BCUT2D eigenvalue weighted by Crippen LogP contribution is 2.22. The summed E-state index contributed by atoms with van der Waals surface area (Å²) in [4.78, 5) is 16.8. The van der Waals surface area contributed by atoms with Crippen LogP contribution >= 0.6 is 11.3 Å². The van der Waals surface area contributed by atoms with E-state index in [1.807, 2.05) is 30.5 Å². The highest BCUT2D eigenvalue weighted by molar-refractivity contribution is 7.12. The maximum absolute atomic E-state index is 12.2. The quantitative estimate of drug-likeness (QED) is 0.740. The van der Waals surface area contributed by atoms with Crippen molar-refractivity contribution in [2.75, 3.05) is 5.32 Å². The summed E-state index contributed by atoms with van der Waals surface area (Å²) >= 11 is 1.41. The number of hydrogen-bond donors (Lipinski definition) is 1. The van der Waals surface area contributed by atoms with Gasteiger partial charge in [0.1, 0.15) is 12.4 Å². The Labute approximate surface area is 145 Å². The molecule has 0 saturated heterocycles. The Balaban J connectivity index is 1.62. The number of nitrogens with zero attached hydrogens (tertiary/aromatic N) is 1. The SMILES string of the molecule is Cc1ccc(OCc2csc(C(=O)Nc3ccncc3)c2)c(C)c1. The molecule has 0 radical (unpaired) electrons. The Morgan fingerprint density at radius 1 is 1.17 bits per heavy atom. The number of carbonyl (C=O) groups excluding carboxylic acids is 1. The molecule has 5 heteroatoms. The van der Waals surface area contributed by atoms with Gasteiger partial charge in [-0.2, -0.15) is 0 Å². The number of anilines is 1. The van der Waals surface area contributed by atoms with E-state index in [1.54, 1.807) is 24.5 Å². The molecule has 0 saturated carbocycles. The van der Waals surface area contributed by atoms with E-state index in [9.17, 15) is 4.79 Å². The fourth-order valence-corrected chi connectivity index (χ4v) is 3.11. The molecular formula is C19H18N2O2S. The molecule has 0 aliphatic rings. The number of benzene rings is 1. The third kappa shape index (κ3) is 4.00. The molecule has 3 aromatic rings. The molecule has 2 heterocycles.